The minimum absolute atomic E-state index is 0.150. The Hall–Kier alpha value is -0.160. The highest BCUT2D eigenvalue weighted by Crippen LogP contribution is 2.21. The van der Waals surface area contributed by atoms with Crippen molar-refractivity contribution in [1.82, 2.24) is 9.88 Å². The Labute approximate surface area is 86.0 Å². The predicted octanol–water partition coefficient (Wildman–Crippen LogP) is 1.36. The third kappa shape index (κ3) is 2.40. The molecule has 1 aliphatic heterocycles. The van der Waals surface area contributed by atoms with Crippen LogP contribution < -0.4 is 0 Å². The van der Waals surface area contributed by atoms with Crippen molar-refractivity contribution in [3.05, 3.63) is 15.5 Å². The Balaban J connectivity index is 1.91. The van der Waals surface area contributed by atoms with Gasteiger partial charge in [-0.05, 0) is 6.42 Å². The van der Waals surface area contributed by atoms with Gasteiger partial charge in [0.25, 0.3) is 0 Å². The summed E-state index contributed by atoms with van der Waals surface area (Å²) >= 11 is 7.22. The summed E-state index contributed by atoms with van der Waals surface area (Å²) in [6, 6.07) is 0. The second-order valence-corrected chi connectivity index (χ2v) is 4.95. The first-order valence-corrected chi connectivity index (χ1v) is 5.44. The van der Waals surface area contributed by atoms with E-state index in [1.807, 2.05) is 0 Å². The van der Waals surface area contributed by atoms with E-state index >= 15 is 0 Å². The topological polar surface area (TPSA) is 36.4 Å². The summed E-state index contributed by atoms with van der Waals surface area (Å²) in [5, 5.41) is 9.30. The molecule has 1 fully saturated rings. The maximum atomic E-state index is 9.30. The van der Waals surface area contributed by atoms with Crippen molar-refractivity contribution < 1.29 is 5.11 Å². The average molecular weight is 219 g/mol. The molecule has 2 heterocycles. The molecule has 1 N–H and O–H groups in total. The van der Waals surface area contributed by atoms with Crippen LogP contribution in [0.4, 0.5) is 0 Å². The Bertz CT molecular complexity index is 291. The molecule has 1 aromatic rings. The van der Waals surface area contributed by atoms with Crippen LogP contribution >= 0.6 is 22.9 Å². The van der Waals surface area contributed by atoms with Gasteiger partial charge < -0.3 is 5.11 Å². The van der Waals surface area contributed by atoms with Gasteiger partial charge in [-0.2, -0.15) is 0 Å². The highest BCUT2D eigenvalue weighted by Gasteiger charge is 2.20. The lowest BCUT2D eigenvalue weighted by molar-refractivity contribution is 0.175. The molecule has 1 aliphatic rings. The molecule has 0 aromatic carbocycles. The van der Waals surface area contributed by atoms with E-state index in [1.54, 1.807) is 6.20 Å². The first-order valence-electron chi connectivity index (χ1n) is 4.24. The van der Waals surface area contributed by atoms with Crippen molar-refractivity contribution >= 4 is 22.9 Å². The van der Waals surface area contributed by atoms with E-state index in [1.165, 1.54) is 16.2 Å². The van der Waals surface area contributed by atoms with Gasteiger partial charge in [0.1, 0.15) is 0 Å². The highest BCUT2D eigenvalue weighted by atomic mass is 35.5. The zero-order valence-corrected chi connectivity index (χ0v) is 8.68. The molecular formula is C8H11ClN2OS. The standard InChI is InChI=1S/C8H11ClN2OS/c9-8-10-3-7(13-8)5-11-2-1-6(12)4-11/h3,6,12H,1-2,4-5H2/t6-/m1/s1. The summed E-state index contributed by atoms with van der Waals surface area (Å²) in [6.07, 6.45) is 2.54. The Morgan fingerprint density at radius 1 is 1.77 bits per heavy atom. The number of rotatable bonds is 2. The van der Waals surface area contributed by atoms with E-state index in [0.717, 1.165) is 26.1 Å². The van der Waals surface area contributed by atoms with E-state index in [4.69, 9.17) is 11.6 Å². The number of thiazole rings is 1. The third-order valence-electron chi connectivity index (χ3n) is 2.15. The van der Waals surface area contributed by atoms with Gasteiger partial charge in [-0.1, -0.05) is 11.6 Å². The molecule has 5 heteroatoms. The van der Waals surface area contributed by atoms with E-state index in [-0.39, 0.29) is 6.10 Å². The van der Waals surface area contributed by atoms with E-state index in [0.29, 0.717) is 4.47 Å². The Morgan fingerprint density at radius 2 is 2.62 bits per heavy atom. The fraction of sp³-hybridized carbons (Fsp3) is 0.625. The van der Waals surface area contributed by atoms with Crippen molar-refractivity contribution in [2.75, 3.05) is 13.1 Å². The van der Waals surface area contributed by atoms with Crippen LogP contribution in [0.1, 0.15) is 11.3 Å². The minimum Gasteiger partial charge on any atom is -0.392 e. The molecule has 0 aliphatic carbocycles. The van der Waals surface area contributed by atoms with E-state index in [2.05, 4.69) is 9.88 Å². The molecular weight excluding hydrogens is 208 g/mol. The smallest absolute Gasteiger partial charge is 0.183 e. The lowest BCUT2D eigenvalue weighted by atomic mass is 10.3. The number of β-amino-alcohol motifs (C(OH)–C–C–N with tert-alkyl or cyclic N) is 1. The third-order valence-corrected chi connectivity index (χ3v) is 3.25. The quantitative estimate of drug-likeness (QED) is 0.815. The number of halogens is 1. The summed E-state index contributed by atoms with van der Waals surface area (Å²) in [5.41, 5.74) is 0. The monoisotopic (exact) mass is 218 g/mol. The van der Waals surface area contributed by atoms with Crippen molar-refractivity contribution in [3.63, 3.8) is 0 Å². The molecule has 3 nitrogen and oxygen atoms in total. The van der Waals surface area contributed by atoms with Crippen molar-refractivity contribution in [2.24, 2.45) is 0 Å². The van der Waals surface area contributed by atoms with Gasteiger partial charge in [0.05, 0.1) is 6.10 Å². The van der Waals surface area contributed by atoms with E-state index < -0.39 is 0 Å². The molecule has 1 saturated heterocycles. The Kier molecular flexibility index (Phi) is 2.83. The molecule has 0 bridgehead atoms. The van der Waals surface area contributed by atoms with Crippen molar-refractivity contribution in [1.29, 1.82) is 0 Å². The van der Waals surface area contributed by atoms with Gasteiger partial charge in [-0.3, -0.25) is 4.90 Å². The highest BCUT2D eigenvalue weighted by molar-refractivity contribution is 7.15. The maximum absolute atomic E-state index is 9.30. The number of aromatic nitrogens is 1. The van der Waals surface area contributed by atoms with Gasteiger partial charge >= 0.3 is 0 Å². The molecule has 0 saturated carbocycles. The van der Waals surface area contributed by atoms with Crippen LogP contribution in [0.25, 0.3) is 0 Å². The van der Waals surface area contributed by atoms with E-state index in [9.17, 15) is 5.11 Å². The predicted molar refractivity (Wildman–Crippen MR) is 53.0 cm³/mol. The van der Waals surface area contributed by atoms with Crippen LogP contribution in [0.5, 0.6) is 0 Å². The number of hydrogen-bond acceptors (Lipinski definition) is 4. The number of aliphatic hydroxyl groups is 1. The van der Waals surface area contributed by atoms with Crippen LogP contribution in [-0.2, 0) is 6.54 Å². The van der Waals surface area contributed by atoms with Crippen LogP contribution in [0.15, 0.2) is 6.20 Å². The fourth-order valence-corrected chi connectivity index (χ4v) is 2.55. The molecule has 0 radical (unpaired) electrons. The van der Waals surface area contributed by atoms with Gasteiger partial charge in [0.2, 0.25) is 0 Å². The minimum atomic E-state index is -0.150. The van der Waals surface area contributed by atoms with Crippen LogP contribution in [0.3, 0.4) is 0 Å². The van der Waals surface area contributed by atoms with Crippen LogP contribution in [-0.4, -0.2) is 34.2 Å². The number of hydrogen-bond donors (Lipinski definition) is 1. The lowest BCUT2D eigenvalue weighted by Gasteiger charge is -2.12. The normalized spacial score (nSPS) is 24.0. The second kappa shape index (κ2) is 3.92. The molecule has 72 valence electrons. The summed E-state index contributed by atoms with van der Waals surface area (Å²) in [7, 11) is 0. The molecule has 0 amide bonds. The summed E-state index contributed by atoms with van der Waals surface area (Å²) < 4.78 is 0.592. The molecule has 0 unspecified atom stereocenters. The van der Waals surface area contributed by atoms with Gasteiger partial charge in [0.15, 0.2) is 4.47 Å². The number of likely N-dealkylation sites (tertiary alicyclic amines) is 1. The van der Waals surface area contributed by atoms with Gasteiger partial charge in [-0.15, -0.1) is 11.3 Å². The van der Waals surface area contributed by atoms with Gasteiger partial charge in [0, 0.05) is 30.7 Å². The Morgan fingerprint density at radius 3 is 3.15 bits per heavy atom. The molecule has 1 atom stereocenters. The zero-order valence-electron chi connectivity index (χ0n) is 7.11. The second-order valence-electron chi connectivity index (χ2n) is 3.26. The molecule has 2 rings (SSSR count). The fourth-order valence-electron chi connectivity index (χ4n) is 1.53. The first kappa shape index (κ1) is 9.40. The van der Waals surface area contributed by atoms with Gasteiger partial charge in [-0.25, -0.2) is 4.98 Å². The SMILES string of the molecule is O[C@@H]1CCN(Cc2cnc(Cl)s2)C1. The number of nitrogens with zero attached hydrogens (tertiary/aromatic N) is 2. The van der Waals surface area contributed by atoms with Crippen molar-refractivity contribution in [2.45, 2.75) is 19.1 Å². The summed E-state index contributed by atoms with van der Waals surface area (Å²) in [5.74, 6) is 0. The lowest BCUT2D eigenvalue weighted by Crippen LogP contribution is -2.20. The van der Waals surface area contributed by atoms with Crippen LogP contribution in [0, 0.1) is 0 Å². The zero-order chi connectivity index (χ0) is 9.26. The molecule has 1 aromatic heterocycles. The molecule has 13 heavy (non-hydrogen) atoms. The first-order chi connectivity index (χ1) is 6.24. The summed E-state index contributed by atoms with van der Waals surface area (Å²) in [6.45, 7) is 2.60. The average Bonchev–Trinajstić information content (AvgIpc) is 2.62. The maximum Gasteiger partial charge on any atom is 0.183 e. The van der Waals surface area contributed by atoms with Crippen molar-refractivity contribution in [3.8, 4) is 0 Å². The van der Waals surface area contributed by atoms with Crippen LogP contribution in [0.2, 0.25) is 4.47 Å². The summed E-state index contributed by atoms with van der Waals surface area (Å²) in [4.78, 5) is 7.36. The largest absolute Gasteiger partial charge is 0.392 e. The molecule has 0 spiro atoms. The number of aliphatic hydroxyl groups excluding tert-OH is 1.